The van der Waals surface area contributed by atoms with Crippen LogP contribution in [-0.2, 0) is 50.1 Å². The highest BCUT2D eigenvalue weighted by molar-refractivity contribution is 6.62. The molecule has 5 nitrogen and oxygen atoms in total. The maximum Gasteiger partial charge on any atom is 0.149 e. The highest BCUT2D eigenvalue weighted by atomic mass is 16.6. The first-order chi connectivity index (χ1) is 24.3. The van der Waals surface area contributed by atoms with Crippen molar-refractivity contribution in [3.8, 4) is 0 Å². The summed E-state index contributed by atoms with van der Waals surface area (Å²) in [4.78, 5) is 0. The first-order valence-electron chi connectivity index (χ1n) is 18.5. The van der Waals surface area contributed by atoms with Crippen LogP contribution in [0.25, 0.3) is 0 Å². The molecule has 3 fully saturated rings. The van der Waals surface area contributed by atoms with Crippen LogP contribution in [0.5, 0.6) is 0 Å². The van der Waals surface area contributed by atoms with Crippen molar-refractivity contribution in [3.05, 3.63) is 144 Å². The van der Waals surface area contributed by atoms with Gasteiger partial charge in [-0.25, -0.2) is 0 Å². The van der Waals surface area contributed by atoms with E-state index in [2.05, 4.69) is 103 Å². The summed E-state index contributed by atoms with van der Waals surface area (Å²) in [6.07, 6.45) is 7.59. The number of fused-ring (bicyclic) bond motifs is 2. The van der Waals surface area contributed by atoms with Gasteiger partial charge in [0.25, 0.3) is 0 Å². The van der Waals surface area contributed by atoms with Crippen molar-refractivity contribution in [1.82, 2.24) is 0 Å². The number of hydrogen-bond donors (Lipinski definition) is 0. The Morgan fingerprint density at radius 2 is 0.857 bits per heavy atom. The van der Waals surface area contributed by atoms with Crippen molar-refractivity contribution in [2.24, 2.45) is 0 Å². The summed E-state index contributed by atoms with van der Waals surface area (Å²) in [6, 6.07) is 41.6. The summed E-state index contributed by atoms with van der Waals surface area (Å²) in [5, 5.41) is 0. The van der Waals surface area contributed by atoms with E-state index in [9.17, 15) is 0 Å². The van der Waals surface area contributed by atoms with E-state index in [4.69, 9.17) is 23.7 Å². The molecule has 0 N–H and O–H groups in total. The number of rotatable bonds is 15. The van der Waals surface area contributed by atoms with E-state index in [1.165, 1.54) is 38.5 Å². The molecule has 7 rings (SSSR count). The third-order valence-electron chi connectivity index (χ3n) is 11.0. The fourth-order valence-corrected chi connectivity index (χ4v) is 8.54. The topological polar surface area (TPSA) is 46.2 Å². The molecule has 6 heteroatoms. The molecular formula is C43H51BO5. The zero-order valence-corrected chi connectivity index (χ0v) is 28.7. The Hall–Kier alpha value is -3.26. The molecule has 0 spiro atoms. The molecule has 2 bridgehead atoms. The summed E-state index contributed by atoms with van der Waals surface area (Å²) in [7, 11) is 0. The van der Waals surface area contributed by atoms with Gasteiger partial charge in [-0.3, -0.25) is 0 Å². The monoisotopic (exact) mass is 658 g/mol. The van der Waals surface area contributed by atoms with Crippen LogP contribution in [0, 0.1) is 0 Å². The number of hydrogen-bond acceptors (Lipinski definition) is 5. The maximum absolute atomic E-state index is 7.22. The van der Waals surface area contributed by atoms with Gasteiger partial charge in [-0.15, -0.1) is 0 Å². The smallest absolute Gasteiger partial charge is 0.149 e. The van der Waals surface area contributed by atoms with E-state index < -0.39 is 0 Å². The molecule has 3 aliphatic heterocycles. The zero-order valence-electron chi connectivity index (χ0n) is 28.7. The molecule has 0 aliphatic carbocycles. The minimum atomic E-state index is -0.387. The molecule has 3 heterocycles. The first kappa shape index (κ1) is 34.2. The maximum atomic E-state index is 7.22. The number of ether oxygens (including phenoxy) is 5. The van der Waals surface area contributed by atoms with Crippen LogP contribution >= 0.6 is 0 Å². The van der Waals surface area contributed by atoms with Gasteiger partial charge < -0.3 is 23.7 Å². The summed E-state index contributed by atoms with van der Waals surface area (Å²) in [5.41, 5.74) is 4.54. The van der Waals surface area contributed by atoms with Crippen LogP contribution in [0.15, 0.2) is 121 Å². The van der Waals surface area contributed by atoms with Crippen LogP contribution in [-0.4, -0.2) is 43.8 Å². The first-order valence-corrected chi connectivity index (χ1v) is 18.5. The molecule has 3 aliphatic rings. The molecule has 0 amide bonds. The Morgan fingerprint density at radius 1 is 0.469 bits per heavy atom. The van der Waals surface area contributed by atoms with Gasteiger partial charge in [0.1, 0.15) is 31.1 Å². The third-order valence-corrected chi connectivity index (χ3v) is 11.0. The van der Waals surface area contributed by atoms with E-state index >= 15 is 0 Å². The predicted molar refractivity (Wildman–Crippen MR) is 196 cm³/mol. The van der Waals surface area contributed by atoms with Gasteiger partial charge in [0.05, 0.1) is 39.1 Å². The molecule has 49 heavy (non-hydrogen) atoms. The fraction of sp³-hybridized carbons (Fsp3) is 0.442. The van der Waals surface area contributed by atoms with Crippen LogP contribution < -0.4 is 0 Å². The molecule has 5 atom stereocenters. The second-order valence-corrected chi connectivity index (χ2v) is 14.3. The minimum Gasteiger partial charge on any atom is -0.374 e. The molecule has 4 aromatic carbocycles. The van der Waals surface area contributed by atoms with Crippen molar-refractivity contribution in [2.75, 3.05) is 6.61 Å². The van der Waals surface area contributed by atoms with Gasteiger partial charge in [0.15, 0.2) is 0 Å². The summed E-state index contributed by atoms with van der Waals surface area (Å²) in [6.45, 7) is 3.01. The van der Waals surface area contributed by atoms with Crippen LogP contribution in [0.3, 0.4) is 0 Å². The average molecular weight is 659 g/mol. The lowest BCUT2D eigenvalue weighted by atomic mass is 9.25. The van der Waals surface area contributed by atoms with Crippen LogP contribution in [0.1, 0.15) is 60.8 Å². The second kappa shape index (κ2) is 17.6. The average Bonchev–Trinajstić information content (AvgIpc) is 3.14. The van der Waals surface area contributed by atoms with E-state index in [-0.39, 0.29) is 30.5 Å². The van der Waals surface area contributed by atoms with E-state index in [1.807, 2.05) is 18.2 Å². The second-order valence-electron chi connectivity index (χ2n) is 14.3. The minimum absolute atomic E-state index is 0.127. The van der Waals surface area contributed by atoms with Gasteiger partial charge >= 0.3 is 0 Å². The highest BCUT2D eigenvalue weighted by Gasteiger charge is 2.51. The molecular weight excluding hydrogens is 607 g/mol. The summed E-state index contributed by atoms with van der Waals surface area (Å²) in [5.74, 6) is 1.55. The molecule has 0 aromatic heterocycles. The fourth-order valence-electron chi connectivity index (χ4n) is 8.54. The van der Waals surface area contributed by atoms with Crippen LogP contribution in [0.4, 0.5) is 0 Å². The molecule has 0 saturated carbocycles. The standard InChI is InChI=1S/C43H51BO5/c1-5-15-33(16-6-1)28-45-32-40-42(47-30-35-19-9-3-10-20-35)43(48-31-36-21-11-4-12-22-36)41(46-29-34-17-7-2-8-18-34)39(49-40)27-44-37-23-13-24-38(44)26-14-25-37/h1-12,15-22,37-43H,13-14,23-32H2/t37?,38?,39-,40?,41?,42-,43+/m0/s1. The number of benzene rings is 4. The molecule has 0 radical (unpaired) electrons. The van der Waals surface area contributed by atoms with Crippen LogP contribution in [0.2, 0.25) is 18.0 Å². The predicted octanol–water partition coefficient (Wildman–Crippen LogP) is 9.33. The SMILES string of the molecule is c1ccc(COCC2O[C@@H](CB3C4CCCC3CCC4)C(OCc3ccccc3)[C@@H](OCc3ccccc3)[C@H]2OCc2ccccc2)cc1. The molecule has 4 aromatic rings. The Morgan fingerprint density at radius 3 is 1.31 bits per heavy atom. The van der Waals surface area contributed by atoms with Gasteiger partial charge in [-0.1, -0.05) is 171 Å². The van der Waals surface area contributed by atoms with Crippen molar-refractivity contribution in [2.45, 2.75) is 113 Å². The van der Waals surface area contributed by atoms with Crippen molar-refractivity contribution < 1.29 is 23.7 Å². The largest absolute Gasteiger partial charge is 0.374 e. The molecule has 2 unspecified atom stereocenters. The zero-order chi connectivity index (χ0) is 33.1. The quantitative estimate of drug-likeness (QED) is 0.119. The van der Waals surface area contributed by atoms with E-state index in [0.717, 1.165) is 40.2 Å². The molecule has 3 saturated heterocycles. The Labute approximate surface area is 293 Å². The Balaban J connectivity index is 1.20. The lowest BCUT2D eigenvalue weighted by Crippen LogP contribution is -2.62. The van der Waals surface area contributed by atoms with Gasteiger partial charge in [-0.2, -0.15) is 0 Å². The molecule has 256 valence electrons. The van der Waals surface area contributed by atoms with Gasteiger partial charge in [0.2, 0.25) is 0 Å². The van der Waals surface area contributed by atoms with Gasteiger partial charge in [0, 0.05) is 0 Å². The van der Waals surface area contributed by atoms with E-state index in [0.29, 0.717) is 39.7 Å². The lowest BCUT2D eigenvalue weighted by Gasteiger charge is -2.49. The third kappa shape index (κ3) is 9.30. The van der Waals surface area contributed by atoms with Gasteiger partial charge in [-0.05, 0) is 28.6 Å². The van der Waals surface area contributed by atoms with Crippen molar-refractivity contribution in [3.63, 3.8) is 0 Å². The van der Waals surface area contributed by atoms with Crippen molar-refractivity contribution in [1.29, 1.82) is 0 Å². The normalized spacial score (nSPS) is 26.8. The Kier molecular flexibility index (Phi) is 12.3. The highest BCUT2D eigenvalue weighted by Crippen LogP contribution is 2.49. The lowest BCUT2D eigenvalue weighted by molar-refractivity contribution is -0.269. The Bertz CT molecular complexity index is 1480. The summed E-state index contributed by atoms with van der Waals surface area (Å²) >= 11 is 0. The van der Waals surface area contributed by atoms with E-state index in [1.54, 1.807) is 0 Å². The van der Waals surface area contributed by atoms with Crippen molar-refractivity contribution >= 4 is 6.71 Å². The summed E-state index contributed by atoms with van der Waals surface area (Å²) < 4.78 is 34.5.